The lowest BCUT2D eigenvalue weighted by Gasteiger charge is -2.41. The van der Waals surface area contributed by atoms with Gasteiger partial charge in [-0.25, -0.2) is 0 Å². The normalized spacial score (nSPS) is 37.9. The average molecular weight is 199 g/mol. The number of hydrogen-bond donors (Lipinski definition) is 1. The standard InChI is InChI=1S/C10H17NO3/c1-7(2)10(13)9(12)11-5-3-4-8(11)6-14-10/h7-8,13H,3-6H2,1-2H3. The molecule has 1 amide bonds. The number of fused-ring (bicyclic) bond motifs is 1. The van der Waals surface area contributed by atoms with Crippen LogP contribution in [0, 0.1) is 5.92 Å². The number of ether oxygens (including phenoxy) is 1. The van der Waals surface area contributed by atoms with E-state index >= 15 is 0 Å². The Morgan fingerprint density at radius 1 is 1.64 bits per heavy atom. The lowest BCUT2D eigenvalue weighted by molar-refractivity contribution is -0.255. The molecule has 2 heterocycles. The first-order valence-electron chi connectivity index (χ1n) is 5.23. The van der Waals surface area contributed by atoms with Crippen molar-refractivity contribution in [2.24, 2.45) is 5.92 Å². The molecule has 0 saturated carbocycles. The number of aliphatic hydroxyl groups is 1. The number of carbonyl (C=O) groups is 1. The van der Waals surface area contributed by atoms with E-state index in [9.17, 15) is 9.90 Å². The van der Waals surface area contributed by atoms with Crippen LogP contribution in [-0.2, 0) is 9.53 Å². The SMILES string of the molecule is CC(C)C1(O)OCC2CCCN2C1=O. The Morgan fingerprint density at radius 2 is 2.36 bits per heavy atom. The smallest absolute Gasteiger partial charge is 0.283 e. The van der Waals surface area contributed by atoms with Gasteiger partial charge < -0.3 is 14.7 Å². The summed E-state index contributed by atoms with van der Waals surface area (Å²) in [5.74, 6) is -2.03. The molecule has 80 valence electrons. The Balaban J connectivity index is 2.20. The molecule has 0 aliphatic carbocycles. The highest BCUT2D eigenvalue weighted by Gasteiger charge is 2.50. The molecule has 0 radical (unpaired) electrons. The van der Waals surface area contributed by atoms with Crippen LogP contribution in [0.25, 0.3) is 0 Å². The predicted octanol–water partition coefficient (Wildman–Crippen LogP) is 0.352. The van der Waals surface area contributed by atoms with Gasteiger partial charge in [0.1, 0.15) is 0 Å². The molecule has 0 bridgehead atoms. The van der Waals surface area contributed by atoms with Crippen molar-refractivity contribution in [1.29, 1.82) is 0 Å². The Morgan fingerprint density at radius 3 is 3.00 bits per heavy atom. The summed E-state index contributed by atoms with van der Waals surface area (Å²) >= 11 is 0. The van der Waals surface area contributed by atoms with E-state index in [4.69, 9.17) is 4.74 Å². The summed E-state index contributed by atoms with van der Waals surface area (Å²) in [7, 11) is 0. The summed E-state index contributed by atoms with van der Waals surface area (Å²) in [6.07, 6.45) is 2.02. The zero-order valence-corrected chi connectivity index (χ0v) is 8.69. The molecule has 0 spiro atoms. The van der Waals surface area contributed by atoms with E-state index in [1.165, 1.54) is 0 Å². The molecule has 0 aromatic rings. The zero-order valence-electron chi connectivity index (χ0n) is 8.69. The lowest BCUT2D eigenvalue weighted by atomic mass is 9.99. The van der Waals surface area contributed by atoms with Gasteiger partial charge in [0, 0.05) is 12.5 Å². The van der Waals surface area contributed by atoms with Gasteiger partial charge in [-0.1, -0.05) is 13.8 Å². The Bertz CT molecular complexity index is 254. The first kappa shape index (κ1) is 9.93. The second-order valence-electron chi connectivity index (χ2n) is 4.46. The molecular formula is C10H17NO3. The van der Waals surface area contributed by atoms with Gasteiger partial charge in [0.05, 0.1) is 12.6 Å². The van der Waals surface area contributed by atoms with Crippen LogP contribution < -0.4 is 0 Å². The summed E-state index contributed by atoms with van der Waals surface area (Å²) in [6, 6.07) is 0.196. The topological polar surface area (TPSA) is 49.8 Å². The highest BCUT2D eigenvalue weighted by molar-refractivity contribution is 5.85. The third-order valence-electron chi connectivity index (χ3n) is 3.22. The molecule has 2 rings (SSSR count). The predicted molar refractivity (Wildman–Crippen MR) is 50.5 cm³/mol. The van der Waals surface area contributed by atoms with Gasteiger partial charge in [-0.2, -0.15) is 0 Å². The first-order valence-corrected chi connectivity index (χ1v) is 5.23. The molecule has 2 fully saturated rings. The van der Waals surface area contributed by atoms with Crippen molar-refractivity contribution < 1.29 is 14.6 Å². The lowest BCUT2D eigenvalue weighted by Crippen LogP contribution is -2.61. The van der Waals surface area contributed by atoms with Gasteiger partial charge in [-0.15, -0.1) is 0 Å². The monoisotopic (exact) mass is 199 g/mol. The Kier molecular flexibility index (Phi) is 2.27. The maximum atomic E-state index is 11.9. The summed E-state index contributed by atoms with van der Waals surface area (Å²) in [5.41, 5.74) is 0. The Labute approximate surface area is 83.8 Å². The van der Waals surface area contributed by atoms with Crippen LogP contribution in [0.5, 0.6) is 0 Å². The van der Waals surface area contributed by atoms with Crippen molar-refractivity contribution in [3.63, 3.8) is 0 Å². The summed E-state index contributed by atoms with van der Waals surface area (Å²) in [6.45, 7) is 4.84. The maximum Gasteiger partial charge on any atom is 0.283 e. The van der Waals surface area contributed by atoms with Crippen LogP contribution in [0.4, 0.5) is 0 Å². The van der Waals surface area contributed by atoms with E-state index in [1.807, 2.05) is 0 Å². The fourth-order valence-electron chi connectivity index (χ4n) is 2.18. The van der Waals surface area contributed by atoms with E-state index in [1.54, 1.807) is 18.7 Å². The minimum atomic E-state index is -1.58. The van der Waals surface area contributed by atoms with E-state index in [0.29, 0.717) is 6.61 Å². The van der Waals surface area contributed by atoms with Crippen LogP contribution in [0.2, 0.25) is 0 Å². The number of hydrogen-bond acceptors (Lipinski definition) is 3. The zero-order chi connectivity index (χ0) is 10.3. The fraction of sp³-hybridized carbons (Fsp3) is 0.900. The first-order chi connectivity index (χ1) is 6.55. The highest BCUT2D eigenvalue weighted by atomic mass is 16.6. The summed E-state index contributed by atoms with van der Waals surface area (Å²) in [5, 5.41) is 10.1. The van der Waals surface area contributed by atoms with Crippen LogP contribution in [-0.4, -0.2) is 40.9 Å². The number of amides is 1. The summed E-state index contributed by atoms with van der Waals surface area (Å²) < 4.78 is 5.32. The molecule has 4 nitrogen and oxygen atoms in total. The van der Waals surface area contributed by atoms with E-state index in [2.05, 4.69) is 0 Å². The van der Waals surface area contributed by atoms with Crippen LogP contribution in [0.1, 0.15) is 26.7 Å². The molecular weight excluding hydrogens is 182 g/mol. The molecule has 2 atom stereocenters. The van der Waals surface area contributed by atoms with Gasteiger partial charge in [0.25, 0.3) is 5.91 Å². The van der Waals surface area contributed by atoms with Crippen molar-refractivity contribution in [3.05, 3.63) is 0 Å². The van der Waals surface area contributed by atoms with Gasteiger partial charge in [-0.3, -0.25) is 4.79 Å². The molecule has 2 unspecified atom stereocenters. The third kappa shape index (κ3) is 1.25. The minimum Gasteiger partial charge on any atom is -0.358 e. The van der Waals surface area contributed by atoms with Gasteiger partial charge >= 0.3 is 0 Å². The van der Waals surface area contributed by atoms with Crippen LogP contribution >= 0.6 is 0 Å². The van der Waals surface area contributed by atoms with Gasteiger partial charge in [0.2, 0.25) is 5.79 Å². The summed E-state index contributed by atoms with van der Waals surface area (Å²) in [4.78, 5) is 13.7. The molecule has 4 heteroatoms. The van der Waals surface area contributed by atoms with Crippen LogP contribution in [0.3, 0.4) is 0 Å². The third-order valence-corrected chi connectivity index (χ3v) is 3.22. The quantitative estimate of drug-likeness (QED) is 0.663. The van der Waals surface area contributed by atoms with Crippen molar-refractivity contribution in [2.45, 2.75) is 38.5 Å². The molecule has 2 saturated heterocycles. The second kappa shape index (κ2) is 3.21. The van der Waals surface area contributed by atoms with Crippen molar-refractivity contribution in [1.82, 2.24) is 4.90 Å². The van der Waals surface area contributed by atoms with Crippen molar-refractivity contribution in [3.8, 4) is 0 Å². The van der Waals surface area contributed by atoms with E-state index in [-0.39, 0.29) is 17.9 Å². The number of rotatable bonds is 1. The molecule has 0 aromatic heterocycles. The molecule has 0 aromatic carbocycles. The minimum absolute atomic E-state index is 0.196. The van der Waals surface area contributed by atoms with Crippen molar-refractivity contribution >= 4 is 5.91 Å². The molecule has 14 heavy (non-hydrogen) atoms. The molecule has 2 aliphatic heterocycles. The van der Waals surface area contributed by atoms with Crippen LogP contribution in [0.15, 0.2) is 0 Å². The maximum absolute atomic E-state index is 11.9. The van der Waals surface area contributed by atoms with Crippen molar-refractivity contribution in [2.75, 3.05) is 13.2 Å². The number of nitrogens with zero attached hydrogens (tertiary/aromatic N) is 1. The fourth-order valence-corrected chi connectivity index (χ4v) is 2.18. The molecule has 2 aliphatic rings. The average Bonchev–Trinajstić information content (AvgIpc) is 2.59. The van der Waals surface area contributed by atoms with Gasteiger partial charge in [-0.05, 0) is 12.8 Å². The second-order valence-corrected chi connectivity index (χ2v) is 4.46. The van der Waals surface area contributed by atoms with E-state index in [0.717, 1.165) is 19.4 Å². The number of morpholine rings is 1. The largest absolute Gasteiger partial charge is 0.358 e. The Hall–Kier alpha value is -0.610. The number of carbonyl (C=O) groups excluding carboxylic acids is 1. The van der Waals surface area contributed by atoms with Gasteiger partial charge in [0.15, 0.2) is 0 Å². The highest BCUT2D eigenvalue weighted by Crippen LogP contribution is 2.32. The van der Waals surface area contributed by atoms with E-state index < -0.39 is 5.79 Å². The molecule has 1 N–H and O–H groups in total.